The van der Waals surface area contributed by atoms with Gasteiger partial charge in [-0.05, 0) is 46.2 Å². The van der Waals surface area contributed by atoms with Gasteiger partial charge >= 0.3 is 0 Å². The molecule has 0 spiro atoms. The van der Waals surface area contributed by atoms with E-state index in [2.05, 4.69) is 15.2 Å². The second-order valence-corrected chi connectivity index (χ2v) is 6.89. The minimum Gasteiger partial charge on any atom is -0.342 e. The lowest BCUT2D eigenvalue weighted by atomic mass is 10.1. The number of likely N-dealkylation sites (N-methyl/N-ethyl adjacent to an activating group) is 1. The lowest BCUT2D eigenvalue weighted by Gasteiger charge is -2.27. The van der Waals surface area contributed by atoms with Crippen LogP contribution in [0.5, 0.6) is 0 Å². The van der Waals surface area contributed by atoms with Crippen LogP contribution in [0.4, 0.5) is 0 Å². The third-order valence-corrected chi connectivity index (χ3v) is 5.29. The van der Waals surface area contributed by atoms with E-state index in [0.29, 0.717) is 12.5 Å². The Morgan fingerprint density at radius 1 is 1.45 bits per heavy atom. The van der Waals surface area contributed by atoms with Gasteiger partial charge in [0.1, 0.15) is 0 Å². The van der Waals surface area contributed by atoms with Gasteiger partial charge in [-0.3, -0.25) is 9.69 Å². The standard InChI is InChI=1S/C16H28N4OS/c1-4-20(5-2)16(21)11-19(9-14-6-7-17-8-14)10-15-13(3)18-12-22-15/h12,14,17H,4-11H2,1-3H3. The summed E-state index contributed by atoms with van der Waals surface area (Å²) in [4.78, 5) is 22.3. The highest BCUT2D eigenvalue weighted by molar-refractivity contribution is 7.09. The van der Waals surface area contributed by atoms with E-state index in [9.17, 15) is 4.79 Å². The molecule has 1 aliphatic rings. The maximum Gasteiger partial charge on any atom is 0.236 e. The van der Waals surface area contributed by atoms with E-state index in [1.54, 1.807) is 11.3 Å². The summed E-state index contributed by atoms with van der Waals surface area (Å²) in [6.07, 6.45) is 1.21. The number of thiazole rings is 1. The zero-order valence-corrected chi connectivity index (χ0v) is 14.8. The van der Waals surface area contributed by atoms with Crippen LogP contribution in [0.2, 0.25) is 0 Å². The van der Waals surface area contributed by atoms with Crippen LogP contribution < -0.4 is 5.32 Å². The van der Waals surface area contributed by atoms with E-state index in [4.69, 9.17) is 0 Å². The van der Waals surface area contributed by atoms with Gasteiger partial charge in [-0.2, -0.15) is 0 Å². The largest absolute Gasteiger partial charge is 0.342 e. The van der Waals surface area contributed by atoms with Crippen molar-refractivity contribution in [3.63, 3.8) is 0 Å². The lowest BCUT2D eigenvalue weighted by molar-refractivity contribution is -0.132. The predicted octanol–water partition coefficient (Wildman–Crippen LogP) is 1.73. The summed E-state index contributed by atoms with van der Waals surface area (Å²) in [5, 5.41) is 3.41. The third kappa shape index (κ3) is 4.76. The van der Waals surface area contributed by atoms with Gasteiger partial charge in [0.05, 0.1) is 17.7 Å². The van der Waals surface area contributed by atoms with Gasteiger partial charge in [0.2, 0.25) is 5.91 Å². The van der Waals surface area contributed by atoms with Crippen LogP contribution in [0.3, 0.4) is 0 Å². The normalized spacial score (nSPS) is 18.1. The second kappa shape index (κ2) is 8.60. The molecule has 5 nitrogen and oxygen atoms in total. The number of carbonyl (C=O) groups excluding carboxylic acids is 1. The third-order valence-electron chi connectivity index (χ3n) is 4.37. The molecule has 2 rings (SSSR count). The van der Waals surface area contributed by atoms with Crippen LogP contribution in [-0.4, -0.2) is 60.0 Å². The molecule has 6 heteroatoms. The minimum atomic E-state index is 0.234. The Morgan fingerprint density at radius 3 is 2.77 bits per heavy atom. The average Bonchev–Trinajstić information content (AvgIpc) is 3.13. The maximum absolute atomic E-state index is 12.5. The Balaban J connectivity index is 2.00. The van der Waals surface area contributed by atoms with Crippen LogP contribution in [0.15, 0.2) is 5.51 Å². The Kier molecular flexibility index (Phi) is 6.79. The first kappa shape index (κ1) is 17.4. The zero-order chi connectivity index (χ0) is 15.9. The van der Waals surface area contributed by atoms with E-state index < -0.39 is 0 Å². The van der Waals surface area contributed by atoms with Crippen molar-refractivity contribution in [3.05, 3.63) is 16.1 Å². The molecule has 1 saturated heterocycles. The molecule has 0 radical (unpaired) electrons. The minimum absolute atomic E-state index is 0.234. The molecule has 1 unspecified atom stereocenters. The van der Waals surface area contributed by atoms with Crippen LogP contribution in [-0.2, 0) is 11.3 Å². The fourth-order valence-corrected chi connectivity index (χ4v) is 3.79. The molecule has 1 fully saturated rings. The molecule has 2 heterocycles. The highest BCUT2D eigenvalue weighted by atomic mass is 32.1. The molecule has 0 bridgehead atoms. The first-order valence-electron chi connectivity index (χ1n) is 8.23. The predicted molar refractivity (Wildman–Crippen MR) is 91.0 cm³/mol. The average molecular weight is 324 g/mol. The summed E-state index contributed by atoms with van der Waals surface area (Å²) in [7, 11) is 0. The number of amides is 1. The number of aromatic nitrogens is 1. The quantitative estimate of drug-likeness (QED) is 0.791. The van der Waals surface area contributed by atoms with Crippen molar-refractivity contribution in [1.29, 1.82) is 0 Å². The first-order chi connectivity index (χ1) is 10.6. The van der Waals surface area contributed by atoms with Crippen molar-refractivity contribution in [2.75, 3.05) is 39.3 Å². The monoisotopic (exact) mass is 324 g/mol. The summed E-state index contributed by atoms with van der Waals surface area (Å²) in [6.45, 7) is 12.2. The van der Waals surface area contributed by atoms with Gasteiger partial charge in [-0.15, -0.1) is 11.3 Å². The highest BCUT2D eigenvalue weighted by Gasteiger charge is 2.22. The number of nitrogens with one attached hydrogen (secondary N) is 1. The molecule has 0 saturated carbocycles. The number of aryl methyl sites for hydroxylation is 1. The van der Waals surface area contributed by atoms with Crippen molar-refractivity contribution >= 4 is 17.2 Å². The SMILES string of the molecule is CCN(CC)C(=O)CN(Cc1scnc1C)CC1CCNC1. The molecule has 1 aromatic rings. The molecule has 1 amide bonds. The summed E-state index contributed by atoms with van der Waals surface area (Å²) >= 11 is 1.69. The fraction of sp³-hybridized carbons (Fsp3) is 0.750. The molecule has 1 aliphatic heterocycles. The Labute approximate surface area is 137 Å². The van der Waals surface area contributed by atoms with Crippen LogP contribution in [0.25, 0.3) is 0 Å². The first-order valence-corrected chi connectivity index (χ1v) is 9.11. The van der Waals surface area contributed by atoms with Crippen molar-refractivity contribution < 1.29 is 4.79 Å². The molecular formula is C16H28N4OS. The highest BCUT2D eigenvalue weighted by Crippen LogP contribution is 2.18. The smallest absolute Gasteiger partial charge is 0.236 e. The molecule has 124 valence electrons. The number of nitrogens with zero attached hydrogens (tertiary/aromatic N) is 3. The molecule has 1 atom stereocenters. The van der Waals surface area contributed by atoms with Crippen molar-refractivity contribution in [1.82, 2.24) is 20.1 Å². The van der Waals surface area contributed by atoms with Crippen molar-refractivity contribution in [3.8, 4) is 0 Å². The van der Waals surface area contributed by atoms with Gasteiger partial charge < -0.3 is 10.2 Å². The topological polar surface area (TPSA) is 48.5 Å². The van der Waals surface area contributed by atoms with Crippen molar-refractivity contribution in [2.45, 2.75) is 33.7 Å². The van der Waals surface area contributed by atoms with E-state index in [0.717, 1.165) is 45.0 Å². The van der Waals surface area contributed by atoms with E-state index in [-0.39, 0.29) is 5.91 Å². The number of rotatable bonds is 8. The van der Waals surface area contributed by atoms with E-state index in [1.807, 2.05) is 31.2 Å². The number of hydrogen-bond acceptors (Lipinski definition) is 5. The van der Waals surface area contributed by atoms with Gasteiger partial charge in [0.15, 0.2) is 0 Å². The number of carbonyl (C=O) groups is 1. The summed E-state index contributed by atoms with van der Waals surface area (Å²) < 4.78 is 0. The number of hydrogen-bond donors (Lipinski definition) is 1. The van der Waals surface area contributed by atoms with Gasteiger partial charge in [-0.25, -0.2) is 4.98 Å². The molecular weight excluding hydrogens is 296 g/mol. The Hall–Kier alpha value is -0.980. The summed E-state index contributed by atoms with van der Waals surface area (Å²) in [6, 6.07) is 0. The Bertz CT molecular complexity index is 466. The van der Waals surface area contributed by atoms with Crippen molar-refractivity contribution in [2.24, 2.45) is 5.92 Å². The molecule has 22 heavy (non-hydrogen) atoms. The molecule has 1 N–H and O–H groups in total. The molecule has 1 aromatic heterocycles. The summed E-state index contributed by atoms with van der Waals surface area (Å²) in [5.74, 6) is 0.885. The maximum atomic E-state index is 12.5. The Morgan fingerprint density at radius 2 is 2.23 bits per heavy atom. The summed E-state index contributed by atoms with van der Waals surface area (Å²) in [5.41, 5.74) is 2.99. The molecule has 0 aliphatic carbocycles. The van der Waals surface area contributed by atoms with Gasteiger partial charge in [0, 0.05) is 31.1 Å². The lowest BCUT2D eigenvalue weighted by Crippen LogP contribution is -2.41. The van der Waals surface area contributed by atoms with E-state index >= 15 is 0 Å². The molecule has 0 aromatic carbocycles. The van der Waals surface area contributed by atoms with Gasteiger partial charge in [-0.1, -0.05) is 0 Å². The van der Waals surface area contributed by atoms with Crippen LogP contribution in [0.1, 0.15) is 30.8 Å². The zero-order valence-electron chi connectivity index (χ0n) is 14.0. The van der Waals surface area contributed by atoms with Crippen LogP contribution >= 0.6 is 11.3 Å². The van der Waals surface area contributed by atoms with E-state index in [1.165, 1.54) is 11.3 Å². The second-order valence-electron chi connectivity index (χ2n) is 5.96. The fourth-order valence-electron chi connectivity index (χ4n) is 2.97. The van der Waals surface area contributed by atoms with Crippen LogP contribution in [0, 0.1) is 12.8 Å². The van der Waals surface area contributed by atoms with Gasteiger partial charge in [0.25, 0.3) is 0 Å².